The molecule has 0 spiro atoms. The molecule has 1 aromatic carbocycles. The summed E-state index contributed by atoms with van der Waals surface area (Å²) in [4.78, 5) is 20.9. The van der Waals surface area contributed by atoms with E-state index >= 15 is 0 Å². The second kappa shape index (κ2) is 8.39. The quantitative estimate of drug-likeness (QED) is 0.784. The molecule has 0 fully saturated rings. The zero-order valence-electron chi connectivity index (χ0n) is 9.72. The first-order valence-corrected chi connectivity index (χ1v) is 5.30. The molecule has 5 heteroatoms. The summed E-state index contributed by atoms with van der Waals surface area (Å²) >= 11 is 0. The van der Waals surface area contributed by atoms with Gasteiger partial charge in [-0.05, 0) is 12.1 Å². The van der Waals surface area contributed by atoms with Gasteiger partial charge in [0.2, 0.25) is 0 Å². The molecule has 0 aliphatic carbocycles. The molecule has 0 aliphatic rings. The molecule has 0 atom stereocenters. The van der Waals surface area contributed by atoms with E-state index in [1.54, 1.807) is 0 Å². The summed E-state index contributed by atoms with van der Waals surface area (Å²) in [6.07, 6.45) is 3.23. The maximum absolute atomic E-state index is 10.5. The summed E-state index contributed by atoms with van der Waals surface area (Å²) in [5.41, 5.74) is -0.380. The Hall–Kier alpha value is -1.78. The molecule has 0 unspecified atom stereocenters. The Bertz CT molecular complexity index is 342. The van der Waals surface area contributed by atoms with Gasteiger partial charge in [-0.3, -0.25) is 0 Å². The Labute approximate surface area is 102 Å². The number of benzene rings is 1. The smallest absolute Gasteiger partial charge is 0.336 e. The van der Waals surface area contributed by atoms with Crippen LogP contribution in [0.3, 0.4) is 0 Å². The van der Waals surface area contributed by atoms with E-state index in [2.05, 4.69) is 6.92 Å². The van der Waals surface area contributed by atoms with Crippen LogP contribution in [0.15, 0.2) is 24.3 Å². The van der Waals surface area contributed by atoms with Crippen LogP contribution in [0.25, 0.3) is 0 Å². The van der Waals surface area contributed by atoms with Gasteiger partial charge in [-0.2, -0.15) is 0 Å². The highest BCUT2D eigenvalue weighted by Gasteiger charge is 2.13. The summed E-state index contributed by atoms with van der Waals surface area (Å²) in [6.45, 7) is 2.13. The van der Waals surface area contributed by atoms with Gasteiger partial charge in [0.05, 0.1) is 19.0 Å². The van der Waals surface area contributed by atoms with E-state index in [0.29, 0.717) is 0 Å². The molecule has 0 heterocycles. The molecule has 90 valence electrons. The van der Waals surface area contributed by atoms with Gasteiger partial charge in [0.1, 0.15) is 0 Å². The number of carboxylic acid groups (broad SMARTS) is 2. The minimum atomic E-state index is -1.23. The number of carbonyl (C=O) groups is 2. The molecular formula is C12H15BO4. The van der Waals surface area contributed by atoms with E-state index in [9.17, 15) is 9.59 Å². The van der Waals surface area contributed by atoms with E-state index in [0.717, 1.165) is 6.32 Å². The van der Waals surface area contributed by atoms with Gasteiger partial charge in [0, 0.05) is 0 Å². The van der Waals surface area contributed by atoms with Crippen molar-refractivity contribution in [1.82, 2.24) is 0 Å². The molecule has 0 bridgehead atoms. The number of hydrogen-bond donors (Lipinski definition) is 2. The van der Waals surface area contributed by atoms with Crippen LogP contribution in [0.2, 0.25) is 6.32 Å². The van der Waals surface area contributed by atoms with Crippen molar-refractivity contribution in [2.45, 2.75) is 26.1 Å². The predicted octanol–water partition coefficient (Wildman–Crippen LogP) is 2.46. The van der Waals surface area contributed by atoms with Gasteiger partial charge in [-0.15, -0.1) is 0 Å². The number of carboxylic acids is 2. The van der Waals surface area contributed by atoms with E-state index in [1.807, 2.05) is 0 Å². The fourth-order valence-corrected chi connectivity index (χ4v) is 1.06. The van der Waals surface area contributed by atoms with E-state index in [1.165, 1.54) is 37.1 Å². The summed E-state index contributed by atoms with van der Waals surface area (Å²) in [5.74, 6) is -2.46. The largest absolute Gasteiger partial charge is 0.478 e. The van der Waals surface area contributed by atoms with E-state index in [-0.39, 0.29) is 11.1 Å². The molecule has 2 radical (unpaired) electrons. The van der Waals surface area contributed by atoms with Crippen molar-refractivity contribution in [3.05, 3.63) is 35.4 Å². The minimum Gasteiger partial charge on any atom is -0.478 e. The zero-order valence-corrected chi connectivity index (χ0v) is 9.72. The first kappa shape index (κ1) is 15.2. The molecule has 1 aromatic rings. The lowest BCUT2D eigenvalue weighted by Gasteiger charge is -1.98. The van der Waals surface area contributed by atoms with Crippen molar-refractivity contribution in [3.8, 4) is 0 Å². The summed E-state index contributed by atoms with van der Waals surface area (Å²) in [6, 6.07) is 5.48. The van der Waals surface area contributed by atoms with Crippen LogP contribution in [-0.2, 0) is 0 Å². The van der Waals surface area contributed by atoms with Crippen LogP contribution < -0.4 is 0 Å². The third kappa shape index (κ3) is 5.75. The summed E-state index contributed by atoms with van der Waals surface area (Å²) in [7, 11) is 5.14. The molecular weight excluding hydrogens is 219 g/mol. The van der Waals surface area contributed by atoms with Crippen molar-refractivity contribution in [2.75, 3.05) is 0 Å². The van der Waals surface area contributed by atoms with Crippen LogP contribution in [0.4, 0.5) is 0 Å². The lowest BCUT2D eigenvalue weighted by Crippen LogP contribution is -2.06. The Balaban J connectivity index is 0.000000437. The fraction of sp³-hybridized carbons (Fsp3) is 0.333. The fourth-order valence-electron chi connectivity index (χ4n) is 1.06. The minimum absolute atomic E-state index is 0.190. The number of unbranched alkanes of at least 4 members (excludes halogenated alkanes) is 1. The Morgan fingerprint density at radius 1 is 1.12 bits per heavy atom. The average Bonchev–Trinajstić information content (AvgIpc) is 2.30. The highest BCUT2D eigenvalue weighted by atomic mass is 16.4. The lowest BCUT2D eigenvalue weighted by molar-refractivity contribution is 0.0651. The van der Waals surface area contributed by atoms with Crippen molar-refractivity contribution in [2.24, 2.45) is 0 Å². The summed E-state index contributed by atoms with van der Waals surface area (Å²) in [5, 5.41) is 17.1. The van der Waals surface area contributed by atoms with Crippen molar-refractivity contribution in [1.29, 1.82) is 0 Å². The number of hydrogen-bond acceptors (Lipinski definition) is 2. The molecule has 0 amide bonds. The van der Waals surface area contributed by atoms with Gasteiger partial charge in [0.25, 0.3) is 0 Å². The van der Waals surface area contributed by atoms with Crippen molar-refractivity contribution < 1.29 is 19.8 Å². The molecule has 0 saturated heterocycles. The first-order chi connectivity index (χ1) is 8.04. The molecule has 0 aromatic heterocycles. The van der Waals surface area contributed by atoms with Gasteiger partial charge < -0.3 is 10.2 Å². The topological polar surface area (TPSA) is 74.6 Å². The van der Waals surface area contributed by atoms with Crippen LogP contribution in [0.5, 0.6) is 0 Å². The molecule has 1 rings (SSSR count). The van der Waals surface area contributed by atoms with Crippen molar-refractivity contribution >= 4 is 19.8 Å². The molecule has 2 N–H and O–H groups in total. The standard InChI is InChI=1S/C8H6O4.C4H9B/c9-7(10)5-3-1-2-4-6(5)8(11)12;1-2-3-4-5/h1-4H,(H,9,10)(H,11,12);2-4H2,1H3. The second-order valence-electron chi connectivity index (χ2n) is 3.30. The SMILES string of the molecule is O=C(O)c1ccccc1C(=O)O.[B]CCCC. The van der Waals surface area contributed by atoms with Crippen LogP contribution in [0.1, 0.15) is 40.5 Å². The number of aromatic carboxylic acids is 2. The van der Waals surface area contributed by atoms with Gasteiger partial charge >= 0.3 is 11.9 Å². The maximum atomic E-state index is 10.5. The zero-order chi connectivity index (χ0) is 13.3. The predicted molar refractivity (Wildman–Crippen MR) is 65.8 cm³/mol. The van der Waals surface area contributed by atoms with Crippen LogP contribution in [0, 0.1) is 0 Å². The number of rotatable bonds is 4. The third-order valence-corrected chi connectivity index (χ3v) is 1.95. The first-order valence-electron chi connectivity index (χ1n) is 5.30. The molecule has 0 saturated carbocycles. The lowest BCUT2D eigenvalue weighted by atomic mass is 10.0. The van der Waals surface area contributed by atoms with Gasteiger partial charge in [-0.25, -0.2) is 9.59 Å². The summed E-state index contributed by atoms with van der Waals surface area (Å²) < 4.78 is 0. The van der Waals surface area contributed by atoms with Gasteiger partial charge in [0.15, 0.2) is 0 Å². The van der Waals surface area contributed by atoms with Crippen molar-refractivity contribution in [3.63, 3.8) is 0 Å². The molecule has 0 aliphatic heterocycles. The van der Waals surface area contributed by atoms with Gasteiger partial charge in [-0.1, -0.05) is 38.2 Å². The van der Waals surface area contributed by atoms with E-state index < -0.39 is 11.9 Å². The van der Waals surface area contributed by atoms with Crippen LogP contribution >= 0.6 is 0 Å². The monoisotopic (exact) mass is 234 g/mol. The third-order valence-electron chi connectivity index (χ3n) is 1.95. The second-order valence-corrected chi connectivity index (χ2v) is 3.30. The maximum Gasteiger partial charge on any atom is 0.336 e. The Morgan fingerprint density at radius 2 is 1.53 bits per heavy atom. The molecule has 4 nitrogen and oxygen atoms in total. The Morgan fingerprint density at radius 3 is 1.71 bits per heavy atom. The van der Waals surface area contributed by atoms with Crippen LogP contribution in [-0.4, -0.2) is 30.0 Å². The average molecular weight is 234 g/mol. The normalized spacial score (nSPS) is 9.00. The highest BCUT2D eigenvalue weighted by molar-refractivity contribution is 6.08. The van der Waals surface area contributed by atoms with E-state index in [4.69, 9.17) is 18.1 Å². The molecule has 17 heavy (non-hydrogen) atoms. The Kier molecular flexibility index (Phi) is 7.51. The highest BCUT2D eigenvalue weighted by Crippen LogP contribution is 2.07.